The Morgan fingerprint density at radius 2 is 1.41 bits per heavy atom. The third-order valence-electron chi connectivity index (χ3n) is 4.23. The topological polar surface area (TPSA) is 82.1 Å². The molecule has 0 aliphatic carbocycles. The number of ether oxygens (including phenoxy) is 3. The molecule has 0 spiro atoms. The predicted molar refractivity (Wildman–Crippen MR) is 97.7 cm³/mol. The average molecular weight is 394 g/mol. The van der Waals surface area contributed by atoms with Crippen LogP contribution in [0.15, 0.2) is 47.8 Å². The van der Waals surface area contributed by atoms with Crippen LogP contribution in [-0.2, 0) is 28.6 Å². The van der Waals surface area contributed by atoms with Crippen LogP contribution in [0.2, 0.25) is 5.02 Å². The molecule has 1 atom stereocenters. The first-order chi connectivity index (χ1) is 12.8. The second-order valence-corrected chi connectivity index (χ2v) is 6.22. The van der Waals surface area contributed by atoms with E-state index < -0.39 is 29.9 Å². The SMILES string of the molecule is COC(=O)C1=CN([C@H](C)C(=O)OC)C=C(C(=O)OC)C1c1ccc(Cl)cc1. The van der Waals surface area contributed by atoms with Gasteiger partial charge in [0.05, 0.1) is 38.4 Å². The number of methoxy groups -OCH3 is 3. The van der Waals surface area contributed by atoms with E-state index in [2.05, 4.69) is 0 Å². The van der Waals surface area contributed by atoms with E-state index in [1.807, 2.05) is 0 Å². The highest BCUT2D eigenvalue weighted by atomic mass is 35.5. The van der Waals surface area contributed by atoms with E-state index in [0.29, 0.717) is 10.6 Å². The Hall–Kier alpha value is -2.80. The van der Waals surface area contributed by atoms with Gasteiger partial charge in [0, 0.05) is 17.4 Å². The summed E-state index contributed by atoms with van der Waals surface area (Å²) in [5.74, 6) is -2.53. The molecule has 2 rings (SSSR count). The number of rotatable bonds is 5. The first kappa shape index (κ1) is 20.5. The molecule has 0 amide bonds. The molecule has 0 saturated carbocycles. The third kappa shape index (κ3) is 4.31. The third-order valence-corrected chi connectivity index (χ3v) is 4.49. The minimum absolute atomic E-state index is 0.179. The van der Waals surface area contributed by atoms with Gasteiger partial charge in [0.1, 0.15) is 6.04 Å². The van der Waals surface area contributed by atoms with E-state index in [1.54, 1.807) is 31.2 Å². The van der Waals surface area contributed by atoms with Crippen molar-refractivity contribution >= 4 is 29.5 Å². The summed E-state index contributed by atoms with van der Waals surface area (Å²) in [6.45, 7) is 1.59. The van der Waals surface area contributed by atoms with Crippen molar-refractivity contribution in [1.29, 1.82) is 0 Å². The monoisotopic (exact) mass is 393 g/mol. The molecule has 8 heteroatoms. The van der Waals surface area contributed by atoms with Gasteiger partial charge in [-0.1, -0.05) is 23.7 Å². The highest BCUT2D eigenvalue weighted by molar-refractivity contribution is 6.30. The Kier molecular flexibility index (Phi) is 6.63. The van der Waals surface area contributed by atoms with Gasteiger partial charge in [0.2, 0.25) is 0 Å². The molecule has 0 unspecified atom stereocenters. The zero-order chi connectivity index (χ0) is 20.1. The normalized spacial score (nSPS) is 15.4. The fraction of sp³-hybridized carbons (Fsp3) is 0.316. The van der Waals surface area contributed by atoms with E-state index in [9.17, 15) is 14.4 Å². The van der Waals surface area contributed by atoms with Gasteiger partial charge >= 0.3 is 17.9 Å². The van der Waals surface area contributed by atoms with Crippen molar-refractivity contribution in [1.82, 2.24) is 4.90 Å². The summed E-state index contributed by atoms with van der Waals surface area (Å²) >= 11 is 5.95. The standard InChI is InChI=1S/C19H20ClNO6/c1-11(17(22)25-2)21-9-14(18(23)26-3)16(15(10-21)19(24)27-4)12-5-7-13(20)8-6-12/h5-11,16H,1-4H3/t11-/m1/s1. The van der Waals surface area contributed by atoms with Gasteiger partial charge in [0.25, 0.3) is 0 Å². The summed E-state index contributed by atoms with van der Waals surface area (Å²) in [4.78, 5) is 38.2. The number of carbonyl (C=O) groups excluding carboxylic acids is 3. The van der Waals surface area contributed by atoms with Crippen LogP contribution in [0.5, 0.6) is 0 Å². The lowest BCUT2D eigenvalue weighted by molar-refractivity contribution is -0.145. The largest absolute Gasteiger partial charge is 0.467 e. The van der Waals surface area contributed by atoms with Gasteiger partial charge in [-0.2, -0.15) is 0 Å². The maximum atomic E-state index is 12.4. The van der Waals surface area contributed by atoms with Crippen LogP contribution < -0.4 is 0 Å². The van der Waals surface area contributed by atoms with Gasteiger partial charge in [-0.25, -0.2) is 14.4 Å². The summed E-state index contributed by atoms with van der Waals surface area (Å²) in [5, 5.41) is 0.516. The molecule has 1 aromatic carbocycles. The fourth-order valence-corrected chi connectivity index (χ4v) is 2.91. The molecular weight excluding hydrogens is 374 g/mol. The quantitative estimate of drug-likeness (QED) is 0.561. The van der Waals surface area contributed by atoms with Crippen molar-refractivity contribution in [2.24, 2.45) is 0 Å². The number of carbonyl (C=O) groups is 3. The Labute approximate surface area is 162 Å². The molecule has 0 bridgehead atoms. The number of hydrogen-bond acceptors (Lipinski definition) is 7. The van der Waals surface area contributed by atoms with Gasteiger partial charge < -0.3 is 19.1 Å². The molecule has 0 fully saturated rings. The van der Waals surface area contributed by atoms with Crippen LogP contribution >= 0.6 is 11.6 Å². The second-order valence-electron chi connectivity index (χ2n) is 5.78. The zero-order valence-electron chi connectivity index (χ0n) is 15.4. The van der Waals surface area contributed by atoms with Gasteiger partial charge in [-0.15, -0.1) is 0 Å². The summed E-state index contributed by atoms with van der Waals surface area (Å²) in [7, 11) is 3.74. The van der Waals surface area contributed by atoms with Crippen molar-refractivity contribution in [2.45, 2.75) is 18.9 Å². The smallest absolute Gasteiger partial charge is 0.336 e. The van der Waals surface area contributed by atoms with Crippen LogP contribution in [0.3, 0.4) is 0 Å². The summed E-state index contributed by atoms with van der Waals surface area (Å²) < 4.78 is 14.5. The van der Waals surface area contributed by atoms with Crippen molar-refractivity contribution in [3.63, 3.8) is 0 Å². The summed E-state index contributed by atoms with van der Waals surface area (Å²) in [5.41, 5.74) is 1.01. The van der Waals surface area contributed by atoms with Gasteiger partial charge in [-0.3, -0.25) is 0 Å². The van der Waals surface area contributed by atoms with Crippen LogP contribution in [0, 0.1) is 0 Å². The van der Waals surface area contributed by atoms with E-state index in [0.717, 1.165) is 0 Å². The molecule has 0 N–H and O–H groups in total. The lowest BCUT2D eigenvalue weighted by Gasteiger charge is -2.32. The number of esters is 3. The first-order valence-corrected chi connectivity index (χ1v) is 8.42. The Morgan fingerprint density at radius 3 is 1.81 bits per heavy atom. The summed E-state index contributed by atoms with van der Waals surface area (Å²) in [6, 6.07) is 5.97. The molecule has 0 saturated heterocycles. The molecule has 7 nitrogen and oxygen atoms in total. The minimum atomic E-state index is -0.763. The fourth-order valence-electron chi connectivity index (χ4n) is 2.78. The molecule has 1 aromatic rings. The highest BCUT2D eigenvalue weighted by Crippen LogP contribution is 2.38. The van der Waals surface area contributed by atoms with Crippen molar-refractivity contribution in [3.8, 4) is 0 Å². The van der Waals surface area contributed by atoms with Gasteiger partial charge in [-0.05, 0) is 24.6 Å². The van der Waals surface area contributed by atoms with Crippen LogP contribution in [0.4, 0.5) is 0 Å². The van der Waals surface area contributed by atoms with E-state index in [1.165, 1.54) is 38.6 Å². The molecule has 1 aliphatic heterocycles. The van der Waals surface area contributed by atoms with Crippen molar-refractivity contribution < 1.29 is 28.6 Å². The van der Waals surface area contributed by atoms with Crippen LogP contribution in [0.1, 0.15) is 18.4 Å². The summed E-state index contributed by atoms with van der Waals surface area (Å²) in [6.07, 6.45) is 2.94. The van der Waals surface area contributed by atoms with Crippen LogP contribution in [0.25, 0.3) is 0 Å². The van der Waals surface area contributed by atoms with E-state index >= 15 is 0 Å². The number of halogens is 1. The Balaban J connectivity index is 2.62. The molecule has 27 heavy (non-hydrogen) atoms. The number of benzene rings is 1. The maximum absolute atomic E-state index is 12.4. The molecule has 1 heterocycles. The molecule has 0 radical (unpaired) electrons. The number of nitrogens with zero attached hydrogens (tertiary/aromatic N) is 1. The molecule has 0 aromatic heterocycles. The van der Waals surface area contributed by atoms with E-state index in [4.69, 9.17) is 25.8 Å². The maximum Gasteiger partial charge on any atom is 0.336 e. The van der Waals surface area contributed by atoms with Crippen LogP contribution in [-0.4, -0.2) is 50.2 Å². The molecule has 144 valence electrons. The van der Waals surface area contributed by atoms with Crippen molar-refractivity contribution in [2.75, 3.05) is 21.3 Å². The number of hydrogen-bond donors (Lipinski definition) is 0. The average Bonchev–Trinajstić information content (AvgIpc) is 2.71. The minimum Gasteiger partial charge on any atom is -0.467 e. The predicted octanol–water partition coefficient (Wildman–Crippen LogP) is 2.41. The first-order valence-electron chi connectivity index (χ1n) is 8.04. The second kappa shape index (κ2) is 8.73. The van der Waals surface area contributed by atoms with Gasteiger partial charge in [0.15, 0.2) is 0 Å². The molecule has 1 aliphatic rings. The highest BCUT2D eigenvalue weighted by Gasteiger charge is 2.37. The Morgan fingerprint density at radius 1 is 0.926 bits per heavy atom. The Bertz CT molecular complexity index is 765. The zero-order valence-corrected chi connectivity index (χ0v) is 16.1. The molecular formula is C19H20ClNO6. The lowest BCUT2D eigenvalue weighted by atomic mass is 9.83. The van der Waals surface area contributed by atoms with E-state index in [-0.39, 0.29) is 11.1 Å². The lowest BCUT2D eigenvalue weighted by Crippen LogP contribution is -2.37. The van der Waals surface area contributed by atoms with Crippen molar-refractivity contribution in [3.05, 3.63) is 58.4 Å².